The summed E-state index contributed by atoms with van der Waals surface area (Å²) in [5.41, 5.74) is 1.02. The van der Waals surface area contributed by atoms with Crippen molar-refractivity contribution in [3.05, 3.63) is 46.4 Å². The van der Waals surface area contributed by atoms with Gasteiger partial charge in [0.25, 0.3) is 5.89 Å². The van der Waals surface area contributed by atoms with E-state index in [1.54, 1.807) is 18.2 Å². The Morgan fingerprint density at radius 3 is 2.56 bits per heavy atom. The molecular formula is C16H10Cl2F2N2O3. The van der Waals surface area contributed by atoms with Crippen molar-refractivity contribution in [1.29, 1.82) is 0 Å². The van der Waals surface area contributed by atoms with Gasteiger partial charge in [-0.1, -0.05) is 28.4 Å². The molecule has 0 radical (unpaired) electrons. The van der Waals surface area contributed by atoms with Crippen molar-refractivity contribution in [1.82, 2.24) is 10.1 Å². The third kappa shape index (κ3) is 3.83. The number of methoxy groups -OCH3 is 1. The number of hydrogen-bond donors (Lipinski definition) is 0. The number of halogens is 4. The van der Waals surface area contributed by atoms with Crippen LogP contribution in [-0.2, 0) is 0 Å². The molecule has 0 amide bonds. The van der Waals surface area contributed by atoms with Crippen molar-refractivity contribution in [3.8, 4) is 34.3 Å². The zero-order chi connectivity index (χ0) is 18.0. The van der Waals surface area contributed by atoms with Gasteiger partial charge in [-0.05, 0) is 36.4 Å². The minimum absolute atomic E-state index is 0.0956. The molecule has 0 aliphatic heterocycles. The van der Waals surface area contributed by atoms with E-state index in [9.17, 15) is 8.78 Å². The first-order chi connectivity index (χ1) is 12.0. The van der Waals surface area contributed by atoms with E-state index in [1.165, 1.54) is 25.3 Å². The highest BCUT2D eigenvalue weighted by Crippen LogP contribution is 2.34. The molecule has 1 heterocycles. The molecule has 3 rings (SSSR count). The summed E-state index contributed by atoms with van der Waals surface area (Å²) < 4.78 is 39.4. The van der Waals surface area contributed by atoms with Crippen LogP contribution in [0.5, 0.6) is 11.5 Å². The van der Waals surface area contributed by atoms with Crippen LogP contribution >= 0.6 is 23.2 Å². The maximum atomic E-state index is 12.4. The smallest absolute Gasteiger partial charge is 0.387 e. The lowest BCUT2D eigenvalue weighted by molar-refractivity contribution is -0.0512. The normalized spacial score (nSPS) is 11.0. The molecule has 0 fully saturated rings. The maximum Gasteiger partial charge on any atom is 0.387 e. The lowest BCUT2D eigenvalue weighted by Crippen LogP contribution is -2.03. The maximum absolute atomic E-state index is 12.4. The fraction of sp³-hybridized carbons (Fsp3) is 0.125. The van der Waals surface area contributed by atoms with Gasteiger partial charge in [0, 0.05) is 16.1 Å². The Kier molecular flexibility index (Phi) is 5.06. The lowest BCUT2D eigenvalue weighted by Gasteiger charge is -2.10. The summed E-state index contributed by atoms with van der Waals surface area (Å²) in [5.74, 6) is 0.454. The van der Waals surface area contributed by atoms with Crippen molar-refractivity contribution >= 4 is 23.2 Å². The van der Waals surface area contributed by atoms with E-state index < -0.39 is 6.61 Å². The van der Waals surface area contributed by atoms with Crippen LogP contribution in [0.15, 0.2) is 40.9 Å². The quantitative estimate of drug-likeness (QED) is 0.593. The van der Waals surface area contributed by atoms with Gasteiger partial charge in [0.15, 0.2) is 11.5 Å². The summed E-state index contributed by atoms with van der Waals surface area (Å²) in [6, 6.07) is 9.17. The van der Waals surface area contributed by atoms with E-state index in [0.29, 0.717) is 21.2 Å². The van der Waals surface area contributed by atoms with E-state index in [0.717, 1.165) is 0 Å². The van der Waals surface area contributed by atoms with E-state index in [2.05, 4.69) is 14.9 Å². The molecule has 0 aliphatic rings. The molecule has 0 saturated carbocycles. The van der Waals surface area contributed by atoms with Gasteiger partial charge in [0.1, 0.15) is 0 Å². The summed E-state index contributed by atoms with van der Waals surface area (Å²) in [5, 5.41) is 4.73. The van der Waals surface area contributed by atoms with Gasteiger partial charge in [-0.3, -0.25) is 0 Å². The van der Waals surface area contributed by atoms with Gasteiger partial charge in [-0.2, -0.15) is 13.8 Å². The zero-order valence-corrected chi connectivity index (χ0v) is 14.2. The Bertz CT molecular complexity index is 903. The van der Waals surface area contributed by atoms with Crippen LogP contribution in [0.3, 0.4) is 0 Å². The van der Waals surface area contributed by atoms with Crippen LogP contribution in [0.2, 0.25) is 10.0 Å². The number of hydrogen-bond acceptors (Lipinski definition) is 5. The summed E-state index contributed by atoms with van der Waals surface area (Å²) in [7, 11) is 1.34. The van der Waals surface area contributed by atoms with Gasteiger partial charge in [-0.25, -0.2) is 0 Å². The highest BCUT2D eigenvalue weighted by atomic mass is 35.5. The molecular weight excluding hydrogens is 377 g/mol. The molecule has 3 aromatic rings. The van der Waals surface area contributed by atoms with E-state index in [-0.39, 0.29) is 23.2 Å². The second-order valence-electron chi connectivity index (χ2n) is 4.79. The van der Waals surface area contributed by atoms with Crippen LogP contribution in [0, 0.1) is 0 Å². The van der Waals surface area contributed by atoms with Crippen LogP contribution in [-0.4, -0.2) is 23.9 Å². The summed E-state index contributed by atoms with van der Waals surface area (Å²) in [6.45, 7) is -2.96. The largest absolute Gasteiger partial charge is 0.493 e. The number of benzene rings is 2. The average molecular weight is 387 g/mol. The van der Waals surface area contributed by atoms with E-state index in [4.69, 9.17) is 32.5 Å². The number of alkyl halides is 2. The minimum Gasteiger partial charge on any atom is -0.493 e. The van der Waals surface area contributed by atoms with Gasteiger partial charge >= 0.3 is 6.61 Å². The number of aromatic nitrogens is 2. The van der Waals surface area contributed by atoms with Gasteiger partial charge in [0.2, 0.25) is 5.82 Å². The molecule has 9 heteroatoms. The topological polar surface area (TPSA) is 57.4 Å². The van der Waals surface area contributed by atoms with E-state index in [1.807, 2.05) is 0 Å². The molecule has 25 heavy (non-hydrogen) atoms. The lowest BCUT2D eigenvalue weighted by atomic mass is 10.2. The third-order valence-corrected chi connectivity index (χ3v) is 3.77. The molecule has 0 aliphatic carbocycles. The second kappa shape index (κ2) is 7.25. The standard InChI is InChI=1S/C16H10Cl2F2N2O3/c1-23-13-6-8(2-5-12(13)24-16(19)20)15-21-14(22-25-15)10-4-3-9(17)7-11(10)18/h2-7,16H,1H3. The highest BCUT2D eigenvalue weighted by molar-refractivity contribution is 6.36. The summed E-state index contributed by atoms with van der Waals surface area (Å²) in [4.78, 5) is 4.26. The van der Waals surface area contributed by atoms with Crippen molar-refractivity contribution < 1.29 is 22.8 Å². The fourth-order valence-electron chi connectivity index (χ4n) is 2.11. The van der Waals surface area contributed by atoms with Crippen LogP contribution in [0.25, 0.3) is 22.8 Å². The van der Waals surface area contributed by atoms with Crippen LogP contribution in [0.1, 0.15) is 0 Å². The highest BCUT2D eigenvalue weighted by Gasteiger charge is 2.17. The Labute approximate surface area is 151 Å². The molecule has 130 valence electrons. The Hall–Kier alpha value is -2.38. The van der Waals surface area contributed by atoms with Crippen LogP contribution < -0.4 is 9.47 Å². The van der Waals surface area contributed by atoms with Gasteiger partial charge in [-0.15, -0.1) is 0 Å². The summed E-state index contributed by atoms with van der Waals surface area (Å²) in [6.07, 6.45) is 0. The molecule has 2 aromatic carbocycles. The monoisotopic (exact) mass is 386 g/mol. The third-order valence-electron chi connectivity index (χ3n) is 3.22. The molecule has 0 saturated heterocycles. The van der Waals surface area contributed by atoms with Gasteiger partial charge in [0.05, 0.1) is 12.1 Å². The van der Waals surface area contributed by atoms with Crippen LogP contribution in [0.4, 0.5) is 8.78 Å². The zero-order valence-electron chi connectivity index (χ0n) is 12.7. The van der Waals surface area contributed by atoms with Crippen molar-refractivity contribution in [2.75, 3.05) is 7.11 Å². The number of rotatable bonds is 5. The molecule has 5 nitrogen and oxygen atoms in total. The second-order valence-corrected chi connectivity index (χ2v) is 5.64. The van der Waals surface area contributed by atoms with Crippen molar-refractivity contribution in [2.45, 2.75) is 6.61 Å². The van der Waals surface area contributed by atoms with Crippen molar-refractivity contribution in [2.24, 2.45) is 0 Å². The molecule has 0 atom stereocenters. The Morgan fingerprint density at radius 2 is 1.88 bits per heavy atom. The molecule has 0 spiro atoms. The first kappa shape index (κ1) is 17.4. The molecule has 0 unspecified atom stereocenters. The van der Waals surface area contributed by atoms with Crippen molar-refractivity contribution in [3.63, 3.8) is 0 Å². The number of nitrogens with zero attached hydrogens (tertiary/aromatic N) is 2. The predicted molar refractivity (Wildman–Crippen MR) is 88.4 cm³/mol. The minimum atomic E-state index is -2.96. The predicted octanol–water partition coefficient (Wildman–Crippen LogP) is 5.32. The molecule has 1 aromatic heterocycles. The average Bonchev–Trinajstić information content (AvgIpc) is 3.04. The van der Waals surface area contributed by atoms with Gasteiger partial charge < -0.3 is 14.0 Å². The molecule has 0 bridgehead atoms. The Morgan fingerprint density at radius 1 is 1.08 bits per heavy atom. The molecule has 0 N–H and O–H groups in total. The number of ether oxygens (including phenoxy) is 2. The SMILES string of the molecule is COc1cc(-c2nc(-c3ccc(Cl)cc3Cl)no2)ccc1OC(F)F. The first-order valence-corrected chi connectivity index (χ1v) is 7.66. The first-order valence-electron chi connectivity index (χ1n) is 6.90. The summed E-state index contributed by atoms with van der Waals surface area (Å²) >= 11 is 12.0. The Balaban J connectivity index is 1.94. The fourth-order valence-corrected chi connectivity index (χ4v) is 2.61. The van der Waals surface area contributed by atoms with E-state index >= 15 is 0 Å².